The van der Waals surface area contributed by atoms with E-state index in [9.17, 15) is 0 Å². The second-order valence-electron chi connectivity index (χ2n) is 2.53. The maximum absolute atomic E-state index is 5.72. The van der Waals surface area contributed by atoms with Crippen molar-refractivity contribution in [3.63, 3.8) is 0 Å². The highest BCUT2D eigenvalue weighted by atomic mass is 35.5. The highest BCUT2D eigenvalue weighted by Crippen LogP contribution is 2.24. The number of benzene rings is 1. The van der Waals surface area contributed by atoms with Gasteiger partial charge < -0.3 is 10.5 Å². The molecule has 0 aliphatic rings. The van der Waals surface area contributed by atoms with Gasteiger partial charge in [-0.05, 0) is 24.6 Å². The van der Waals surface area contributed by atoms with Crippen LogP contribution >= 0.6 is 11.6 Å². The number of rotatable bonds is 3. The fourth-order valence-electron chi connectivity index (χ4n) is 0.863. The van der Waals surface area contributed by atoms with E-state index < -0.39 is 0 Å². The SMILES string of the molecule is CCCOc1ccc(Cl)cc1N. The van der Waals surface area contributed by atoms with Crippen LogP contribution in [0.5, 0.6) is 5.75 Å². The van der Waals surface area contributed by atoms with Gasteiger partial charge in [-0.2, -0.15) is 0 Å². The maximum atomic E-state index is 5.72. The number of nitrogen functional groups attached to an aromatic ring is 1. The van der Waals surface area contributed by atoms with Crippen molar-refractivity contribution in [3.8, 4) is 5.75 Å². The lowest BCUT2D eigenvalue weighted by molar-refractivity contribution is 0.319. The summed E-state index contributed by atoms with van der Waals surface area (Å²) in [5, 5.41) is 0.636. The Morgan fingerprint density at radius 1 is 1.50 bits per heavy atom. The zero-order chi connectivity index (χ0) is 8.97. The van der Waals surface area contributed by atoms with Crippen LogP contribution in [0.25, 0.3) is 0 Å². The molecule has 0 saturated carbocycles. The molecule has 0 radical (unpaired) electrons. The van der Waals surface area contributed by atoms with Crippen LogP contribution in [0.4, 0.5) is 5.69 Å². The molecular weight excluding hydrogens is 174 g/mol. The lowest BCUT2D eigenvalue weighted by atomic mass is 10.3. The predicted octanol–water partition coefficient (Wildman–Crippen LogP) is 2.71. The normalized spacial score (nSPS) is 9.83. The molecule has 0 atom stereocenters. The summed E-state index contributed by atoms with van der Waals surface area (Å²) >= 11 is 5.72. The highest BCUT2D eigenvalue weighted by molar-refractivity contribution is 6.30. The average molecular weight is 186 g/mol. The molecule has 0 heterocycles. The summed E-state index contributed by atoms with van der Waals surface area (Å²) in [6, 6.07) is 5.24. The van der Waals surface area contributed by atoms with Crippen LogP contribution in [-0.2, 0) is 0 Å². The first kappa shape index (κ1) is 9.20. The van der Waals surface area contributed by atoms with E-state index >= 15 is 0 Å². The van der Waals surface area contributed by atoms with Crippen molar-refractivity contribution in [2.45, 2.75) is 13.3 Å². The Kier molecular flexibility index (Phi) is 3.23. The van der Waals surface area contributed by atoms with Gasteiger partial charge in [0.1, 0.15) is 5.75 Å². The van der Waals surface area contributed by atoms with E-state index in [0.29, 0.717) is 23.1 Å². The Morgan fingerprint density at radius 2 is 2.25 bits per heavy atom. The topological polar surface area (TPSA) is 35.2 Å². The number of anilines is 1. The summed E-state index contributed by atoms with van der Waals surface area (Å²) < 4.78 is 5.36. The van der Waals surface area contributed by atoms with E-state index in [1.807, 2.05) is 6.92 Å². The van der Waals surface area contributed by atoms with Gasteiger partial charge in [-0.3, -0.25) is 0 Å². The van der Waals surface area contributed by atoms with Crippen molar-refractivity contribution >= 4 is 17.3 Å². The molecule has 1 aromatic rings. The van der Waals surface area contributed by atoms with Gasteiger partial charge in [0.05, 0.1) is 12.3 Å². The van der Waals surface area contributed by atoms with Crippen LogP contribution < -0.4 is 10.5 Å². The van der Waals surface area contributed by atoms with Gasteiger partial charge in [-0.1, -0.05) is 18.5 Å². The van der Waals surface area contributed by atoms with Crippen LogP contribution in [0.2, 0.25) is 5.02 Å². The Bertz CT molecular complexity index is 263. The minimum absolute atomic E-state index is 0.593. The van der Waals surface area contributed by atoms with Gasteiger partial charge in [0.2, 0.25) is 0 Å². The third-order valence-corrected chi connectivity index (χ3v) is 1.67. The fraction of sp³-hybridized carbons (Fsp3) is 0.333. The Balaban J connectivity index is 2.72. The summed E-state index contributed by atoms with van der Waals surface area (Å²) in [5.74, 6) is 0.709. The molecule has 3 heteroatoms. The smallest absolute Gasteiger partial charge is 0.142 e. The Hall–Kier alpha value is -0.890. The second-order valence-corrected chi connectivity index (χ2v) is 2.97. The molecule has 2 N–H and O–H groups in total. The monoisotopic (exact) mass is 185 g/mol. The van der Waals surface area contributed by atoms with Gasteiger partial charge in [0, 0.05) is 5.02 Å². The van der Waals surface area contributed by atoms with Crippen LogP contribution in [0.1, 0.15) is 13.3 Å². The van der Waals surface area contributed by atoms with E-state index in [1.54, 1.807) is 18.2 Å². The van der Waals surface area contributed by atoms with Crippen molar-refractivity contribution < 1.29 is 4.74 Å². The van der Waals surface area contributed by atoms with Gasteiger partial charge in [0.25, 0.3) is 0 Å². The third kappa shape index (κ3) is 2.31. The molecule has 0 amide bonds. The van der Waals surface area contributed by atoms with Crippen molar-refractivity contribution in [1.82, 2.24) is 0 Å². The van der Waals surface area contributed by atoms with Crippen molar-refractivity contribution in [1.29, 1.82) is 0 Å². The average Bonchev–Trinajstić information content (AvgIpc) is 2.03. The Labute approximate surface area is 77.3 Å². The molecule has 0 aliphatic carbocycles. The van der Waals surface area contributed by atoms with E-state index in [0.717, 1.165) is 6.42 Å². The molecule has 2 nitrogen and oxygen atoms in total. The molecule has 12 heavy (non-hydrogen) atoms. The number of hydrogen-bond acceptors (Lipinski definition) is 2. The quantitative estimate of drug-likeness (QED) is 0.735. The van der Waals surface area contributed by atoms with E-state index in [2.05, 4.69) is 0 Å². The molecule has 66 valence electrons. The minimum Gasteiger partial charge on any atom is -0.491 e. The molecular formula is C9H12ClNO. The zero-order valence-electron chi connectivity index (χ0n) is 7.01. The lowest BCUT2D eigenvalue weighted by Gasteiger charge is -2.06. The summed E-state index contributed by atoms with van der Waals surface area (Å²) in [6.07, 6.45) is 0.974. The number of hydrogen-bond donors (Lipinski definition) is 1. The first-order valence-corrected chi connectivity index (χ1v) is 4.29. The maximum Gasteiger partial charge on any atom is 0.142 e. The van der Waals surface area contributed by atoms with Gasteiger partial charge in [-0.15, -0.1) is 0 Å². The summed E-state index contributed by atoms with van der Waals surface area (Å²) in [6.45, 7) is 2.73. The number of ether oxygens (including phenoxy) is 1. The summed E-state index contributed by atoms with van der Waals surface area (Å²) in [7, 11) is 0. The fourth-order valence-corrected chi connectivity index (χ4v) is 1.04. The van der Waals surface area contributed by atoms with Crippen LogP contribution in [0.15, 0.2) is 18.2 Å². The molecule has 0 saturated heterocycles. The molecule has 0 bridgehead atoms. The first-order valence-electron chi connectivity index (χ1n) is 3.92. The van der Waals surface area contributed by atoms with Crippen LogP contribution in [0.3, 0.4) is 0 Å². The van der Waals surface area contributed by atoms with Gasteiger partial charge in [-0.25, -0.2) is 0 Å². The summed E-state index contributed by atoms with van der Waals surface area (Å²) in [5.41, 5.74) is 6.25. The lowest BCUT2D eigenvalue weighted by Crippen LogP contribution is -1.98. The second kappa shape index (κ2) is 4.21. The molecule has 1 aromatic carbocycles. The van der Waals surface area contributed by atoms with Gasteiger partial charge in [0.15, 0.2) is 0 Å². The van der Waals surface area contributed by atoms with Crippen LogP contribution in [-0.4, -0.2) is 6.61 Å². The minimum atomic E-state index is 0.593. The first-order chi connectivity index (χ1) is 5.74. The number of nitrogens with two attached hydrogens (primary N) is 1. The number of halogens is 1. The summed E-state index contributed by atoms with van der Waals surface area (Å²) in [4.78, 5) is 0. The molecule has 0 fully saturated rings. The molecule has 0 aliphatic heterocycles. The predicted molar refractivity (Wildman–Crippen MR) is 51.7 cm³/mol. The molecule has 0 unspecified atom stereocenters. The Morgan fingerprint density at radius 3 is 2.83 bits per heavy atom. The van der Waals surface area contributed by atoms with E-state index in [4.69, 9.17) is 22.1 Å². The van der Waals surface area contributed by atoms with Crippen LogP contribution in [0, 0.1) is 0 Å². The molecule has 1 rings (SSSR count). The van der Waals surface area contributed by atoms with E-state index in [-0.39, 0.29) is 0 Å². The standard InChI is InChI=1S/C9H12ClNO/c1-2-5-12-9-4-3-7(10)6-8(9)11/h3-4,6H,2,5,11H2,1H3. The third-order valence-electron chi connectivity index (χ3n) is 1.43. The highest BCUT2D eigenvalue weighted by Gasteiger charge is 1.99. The van der Waals surface area contributed by atoms with Crippen molar-refractivity contribution in [3.05, 3.63) is 23.2 Å². The van der Waals surface area contributed by atoms with E-state index in [1.165, 1.54) is 0 Å². The largest absolute Gasteiger partial charge is 0.491 e. The van der Waals surface area contributed by atoms with Crippen molar-refractivity contribution in [2.24, 2.45) is 0 Å². The zero-order valence-corrected chi connectivity index (χ0v) is 7.77. The molecule has 0 aromatic heterocycles. The van der Waals surface area contributed by atoms with Gasteiger partial charge >= 0.3 is 0 Å². The molecule has 0 spiro atoms. The van der Waals surface area contributed by atoms with Crippen molar-refractivity contribution in [2.75, 3.05) is 12.3 Å².